The number of ether oxygens (including phenoxy) is 4. The molecule has 8 N–H and O–H groups in total. The van der Waals surface area contributed by atoms with Crippen molar-refractivity contribution < 1.29 is 59.5 Å². The quantitative estimate of drug-likeness (QED) is 0.159. The van der Waals surface area contributed by atoms with Crippen LogP contribution >= 0.6 is 0 Å². The summed E-state index contributed by atoms with van der Waals surface area (Å²) >= 11 is 0. The Morgan fingerprint density at radius 3 is 2.07 bits per heavy atom. The van der Waals surface area contributed by atoms with Gasteiger partial charge in [-0.05, 0) is 6.42 Å². The van der Waals surface area contributed by atoms with E-state index in [9.17, 15) is 40.5 Å². The van der Waals surface area contributed by atoms with E-state index >= 15 is 0 Å². The fourth-order valence-corrected chi connectivity index (χ4v) is 3.23. The van der Waals surface area contributed by atoms with Crippen molar-refractivity contribution in [2.24, 2.45) is 0 Å². The van der Waals surface area contributed by atoms with Crippen molar-refractivity contribution in [3.8, 4) is 0 Å². The Balaban J connectivity index is 1.96. The average molecular weight is 441 g/mol. The summed E-state index contributed by atoms with van der Waals surface area (Å²) in [6, 6.07) is 0. The van der Waals surface area contributed by atoms with Crippen LogP contribution in [-0.2, 0) is 23.7 Å². The van der Waals surface area contributed by atoms with Crippen LogP contribution in [0, 0.1) is 0 Å². The number of aliphatic hydroxyl groups excluding tert-OH is 7. The lowest BCUT2D eigenvalue weighted by molar-refractivity contribution is -0.359. The molecule has 0 bridgehead atoms. The van der Waals surface area contributed by atoms with Gasteiger partial charge in [-0.25, -0.2) is 0 Å². The topological polar surface area (TPSA) is 208 Å². The van der Waals surface area contributed by atoms with Crippen LogP contribution in [-0.4, -0.2) is 129 Å². The molecular weight excluding hydrogens is 410 g/mol. The number of carbonyl (C=O) groups is 1. The van der Waals surface area contributed by atoms with Crippen LogP contribution in [0.25, 0.3) is 0 Å². The summed E-state index contributed by atoms with van der Waals surface area (Å²) in [6.07, 6.45) is -14.5. The lowest BCUT2D eigenvalue weighted by Crippen LogP contribution is -2.64. The first-order chi connectivity index (χ1) is 14.2. The second kappa shape index (κ2) is 11.6. The zero-order valence-corrected chi connectivity index (χ0v) is 16.5. The van der Waals surface area contributed by atoms with Crippen LogP contribution in [0.1, 0.15) is 13.3 Å². The third-order valence-electron chi connectivity index (χ3n) is 4.94. The van der Waals surface area contributed by atoms with Gasteiger partial charge >= 0.3 is 0 Å². The summed E-state index contributed by atoms with van der Waals surface area (Å²) in [4.78, 5) is 10.8. The Kier molecular flexibility index (Phi) is 9.77. The molecule has 0 aromatic heterocycles. The summed E-state index contributed by atoms with van der Waals surface area (Å²) in [5.41, 5.74) is 0. The molecule has 0 unspecified atom stereocenters. The van der Waals surface area contributed by atoms with E-state index in [-0.39, 0.29) is 12.5 Å². The van der Waals surface area contributed by atoms with Crippen molar-refractivity contribution in [3.63, 3.8) is 0 Å². The van der Waals surface area contributed by atoms with Gasteiger partial charge in [0.2, 0.25) is 5.91 Å². The Morgan fingerprint density at radius 1 is 0.867 bits per heavy atom. The second-order valence-corrected chi connectivity index (χ2v) is 7.21. The second-order valence-electron chi connectivity index (χ2n) is 7.21. The molecule has 1 amide bonds. The molecule has 176 valence electrons. The van der Waals surface area contributed by atoms with Crippen LogP contribution in [0.3, 0.4) is 0 Å². The molecule has 0 aliphatic carbocycles. The number of nitrogens with one attached hydrogen (secondary N) is 1. The van der Waals surface area contributed by atoms with Gasteiger partial charge in [0.1, 0.15) is 48.8 Å². The highest BCUT2D eigenvalue weighted by Crippen LogP contribution is 2.29. The molecule has 30 heavy (non-hydrogen) atoms. The van der Waals surface area contributed by atoms with E-state index in [0.717, 1.165) is 0 Å². The van der Waals surface area contributed by atoms with Crippen LogP contribution in [0.2, 0.25) is 0 Å². The lowest BCUT2D eigenvalue weighted by Gasteiger charge is -2.45. The first-order valence-corrected chi connectivity index (χ1v) is 9.65. The maximum atomic E-state index is 10.8. The number of carbonyl (C=O) groups excluding carboxylic acids is 1. The number of hydrogen-bond donors (Lipinski definition) is 8. The maximum absolute atomic E-state index is 10.8. The Labute approximate surface area is 172 Å². The molecule has 10 atom stereocenters. The molecular formula is C17H31NO12. The van der Waals surface area contributed by atoms with E-state index in [2.05, 4.69) is 5.32 Å². The van der Waals surface area contributed by atoms with Crippen LogP contribution in [0.5, 0.6) is 0 Å². The number of amides is 1. The molecule has 0 saturated carbocycles. The van der Waals surface area contributed by atoms with Crippen LogP contribution < -0.4 is 5.32 Å². The molecule has 13 nitrogen and oxygen atoms in total. The minimum Gasteiger partial charge on any atom is -0.394 e. The minimum absolute atomic E-state index is 0.0884. The van der Waals surface area contributed by atoms with Gasteiger partial charge in [0.25, 0.3) is 0 Å². The predicted octanol–water partition coefficient (Wildman–Crippen LogP) is -4.85. The number of hydrogen-bond acceptors (Lipinski definition) is 12. The van der Waals surface area contributed by atoms with Crippen molar-refractivity contribution in [2.75, 3.05) is 26.4 Å². The summed E-state index contributed by atoms with van der Waals surface area (Å²) in [5.74, 6) is -0.201. The van der Waals surface area contributed by atoms with E-state index in [1.54, 1.807) is 0 Å². The van der Waals surface area contributed by atoms with E-state index < -0.39 is 74.6 Å². The fraction of sp³-hybridized carbons (Fsp3) is 0.941. The molecule has 0 aromatic carbocycles. The standard InChI is InChI=1S/C17H31NO12/c1-7(21)18-3-2-4-27-16-14(26)12(24)15(9(6-20)29-16)30-17-13(25)11(23)10(22)8(5-19)28-17/h8-17,19-20,22-26H,2-6H2,1H3,(H,18,21)/t8-,9-,10+,11+,12-,13-,14-,15+,16-,17-/m1/s1. The van der Waals surface area contributed by atoms with E-state index in [1.165, 1.54) is 6.92 Å². The molecule has 13 heteroatoms. The molecule has 0 aromatic rings. The summed E-state index contributed by atoms with van der Waals surface area (Å²) in [7, 11) is 0. The zero-order chi connectivity index (χ0) is 22.4. The Bertz CT molecular complexity index is 535. The molecule has 2 aliphatic rings. The molecule has 2 fully saturated rings. The predicted molar refractivity (Wildman–Crippen MR) is 95.7 cm³/mol. The molecule has 2 rings (SSSR count). The highest BCUT2D eigenvalue weighted by Gasteiger charge is 2.50. The van der Waals surface area contributed by atoms with E-state index in [1.807, 2.05) is 0 Å². The van der Waals surface area contributed by atoms with Crippen LogP contribution in [0.15, 0.2) is 0 Å². The molecule has 2 saturated heterocycles. The first kappa shape index (κ1) is 25.3. The average Bonchev–Trinajstić information content (AvgIpc) is 2.72. The van der Waals surface area contributed by atoms with Crippen molar-refractivity contribution in [1.82, 2.24) is 5.32 Å². The Hall–Kier alpha value is -0.970. The van der Waals surface area contributed by atoms with Gasteiger partial charge in [-0.1, -0.05) is 0 Å². The third-order valence-corrected chi connectivity index (χ3v) is 4.94. The van der Waals surface area contributed by atoms with Gasteiger partial charge in [-0.15, -0.1) is 0 Å². The smallest absolute Gasteiger partial charge is 0.216 e. The normalized spacial score (nSPS) is 42.1. The van der Waals surface area contributed by atoms with Gasteiger partial charge < -0.3 is 60.0 Å². The van der Waals surface area contributed by atoms with Crippen molar-refractivity contribution >= 4 is 5.91 Å². The van der Waals surface area contributed by atoms with Gasteiger partial charge in [0, 0.05) is 13.5 Å². The zero-order valence-electron chi connectivity index (χ0n) is 16.5. The summed E-state index contributed by atoms with van der Waals surface area (Å²) < 4.78 is 21.5. The summed E-state index contributed by atoms with van der Waals surface area (Å²) in [5, 5.41) is 71.9. The van der Waals surface area contributed by atoms with E-state index in [4.69, 9.17) is 18.9 Å². The first-order valence-electron chi connectivity index (χ1n) is 9.65. The SMILES string of the molecule is CC(=O)NCCCO[C@@H]1O[C@H](CO)[C@H](O[C@H]2O[C@H](CO)[C@H](O)[C@H](O)[C@H]2O)[C@H](O)[C@H]1O. The van der Waals surface area contributed by atoms with Gasteiger partial charge in [0.15, 0.2) is 12.6 Å². The Morgan fingerprint density at radius 2 is 1.47 bits per heavy atom. The maximum Gasteiger partial charge on any atom is 0.216 e. The third kappa shape index (κ3) is 6.05. The van der Waals surface area contributed by atoms with Gasteiger partial charge in [-0.2, -0.15) is 0 Å². The van der Waals surface area contributed by atoms with Crippen molar-refractivity contribution in [1.29, 1.82) is 0 Å². The lowest BCUT2D eigenvalue weighted by atomic mass is 9.97. The number of aliphatic hydroxyl groups is 7. The van der Waals surface area contributed by atoms with Gasteiger partial charge in [-0.3, -0.25) is 4.79 Å². The number of rotatable bonds is 9. The molecule has 0 radical (unpaired) electrons. The fourth-order valence-electron chi connectivity index (χ4n) is 3.23. The minimum atomic E-state index is -1.73. The van der Waals surface area contributed by atoms with Crippen molar-refractivity contribution in [2.45, 2.75) is 74.8 Å². The monoisotopic (exact) mass is 441 g/mol. The highest BCUT2D eigenvalue weighted by molar-refractivity contribution is 5.72. The van der Waals surface area contributed by atoms with E-state index in [0.29, 0.717) is 13.0 Å². The molecule has 2 heterocycles. The van der Waals surface area contributed by atoms with Crippen LogP contribution in [0.4, 0.5) is 0 Å². The molecule has 0 spiro atoms. The highest BCUT2D eigenvalue weighted by atomic mass is 16.7. The summed E-state index contributed by atoms with van der Waals surface area (Å²) in [6.45, 7) is 0.483. The van der Waals surface area contributed by atoms with Crippen molar-refractivity contribution in [3.05, 3.63) is 0 Å². The van der Waals surface area contributed by atoms with Gasteiger partial charge in [0.05, 0.1) is 19.8 Å². The molecule has 2 aliphatic heterocycles. The largest absolute Gasteiger partial charge is 0.394 e.